The van der Waals surface area contributed by atoms with Crippen LogP contribution in [0.15, 0.2) is 56.3 Å². The maximum Gasteiger partial charge on any atom is 0.439 e. The van der Waals surface area contributed by atoms with Gasteiger partial charge < -0.3 is 5.32 Å². The summed E-state index contributed by atoms with van der Waals surface area (Å²) >= 11 is 3.39. The van der Waals surface area contributed by atoms with Gasteiger partial charge in [0.1, 0.15) is 0 Å². The minimum absolute atomic E-state index is 0.131. The first-order valence-corrected chi connectivity index (χ1v) is 9.29. The number of nitrogens with zero attached hydrogens (tertiary/aromatic N) is 5. The summed E-state index contributed by atoms with van der Waals surface area (Å²) in [5, 5.41) is 18.1. The number of amides is 1. The number of aromatic amines is 1. The summed E-state index contributed by atoms with van der Waals surface area (Å²) in [5.74, 6) is -0.231. The molecule has 11 heteroatoms. The Balaban J connectivity index is 1.53. The molecule has 0 fully saturated rings. The molecule has 0 radical (unpaired) electrons. The quantitative estimate of drug-likeness (QED) is 0.470. The summed E-state index contributed by atoms with van der Waals surface area (Å²) < 4.78 is 7.01. The fraction of sp³-hybridized carbons (Fsp3) is 0.111. The van der Waals surface area contributed by atoms with E-state index in [2.05, 4.69) is 51.4 Å². The summed E-state index contributed by atoms with van der Waals surface area (Å²) in [6, 6.07) is 12.6. The lowest BCUT2D eigenvalue weighted by atomic mass is 10.0. The van der Waals surface area contributed by atoms with Crippen LogP contribution in [0, 0.1) is 6.92 Å². The van der Waals surface area contributed by atoms with Crippen LogP contribution >= 0.6 is 15.9 Å². The van der Waals surface area contributed by atoms with Crippen molar-refractivity contribution in [2.45, 2.75) is 13.5 Å². The fourth-order valence-corrected chi connectivity index (χ4v) is 2.99. The zero-order valence-electron chi connectivity index (χ0n) is 15.1. The van der Waals surface area contributed by atoms with Gasteiger partial charge in [0.2, 0.25) is 0 Å². The number of H-pyrrole nitrogens is 1. The first kappa shape index (κ1) is 18.7. The highest BCUT2D eigenvalue weighted by Gasteiger charge is 2.15. The standard InChI is InChI=1S/C18H14BrN7O3/c1-10-2-3-11(16-21-18(28)29-23-16)8-14(10)17(27)20-9-15-22-24-25-26(15)13-6-4-12(19)5-7-13/h2-8H,9H2,1H3,(H,20,27)(H,21,23,28). The molecule has 2 heterocycles. The first-order chi connectivity index (χ1) is 14.0. The van der Waals surface area contributed by atoms with Crippen molar-refractivity contribution in [2.75, 3.05) is 0 Å². The Labute approximate surface area is 172 Å². The highest BCUT2D eigenvalue weighted by molar-refractivity contribution is 9.10. The molecular formula is C18H14BrN7O3. The number of carbonyl (C=O) groups is 1. The lowest BCUT2D eigenvalue weighted by Crippen LogP contribution is -2.25. The predicted molar refractivity (Wildman–Crippen MR) is 105 cm³/mol. The Kier molecular flexibility index (Phi) is 5.04. The second-order valence-corrected chi connectivity index (χ2v) is 7.06. The summed E-state index contributed by atoms with van der Waals surface area (Å²) in [5.41, 5.74) is 2.54. The number of carbonyl (C=O) groups excluding carboxylic acids is 1. The van der Waals surface area contributed by atoms with Crippen LogP contribution in [0.3, 0.4) is 0 Å². The van der Waals surface area contributed by atoms with Gasteiger partial charge in [0.25, 0.3) is 5.91 Å². The van der Waals surface area contributed by atoms with Crippen LogP contribution in [0.2, 0.25) is 0 Å². The number of aryl methyl sites for hydroxylation is 1. The third kappa shape index (κ3) is 3.99. The molecule has 0 aliphatic rings. The normalized spacial score (nSPS) is 10.8. The number of halogens is 1. The van der Waals surface area contributed by atoms with Gasteiger partial charge in [-0.15, -0.1) is 5.10 Å². The molecule has 2 aromatic heterocycles. The number of benzene rings is 2. The van der Waals surface area contributed by atoms with Crippen LogP contribution < -0.4 is 11.1 Å². The molecule has 4 aromatic rings. The van der Waals surface area contributed by atoms with Crippen LogP contribution in [-0.2, 0) is 6.54 Å². The van der Waals surface area contributed by atoms with E-state index in [1.807, 2.05) is 31.2 Å². The minimum Gasteiger partial charge on any atom is -0.345 e. The summed E-state index contributed by atoms with van der Waals surface area (Å²) in [6.07, 6.45) is 0. The summed E-state index contributed by atoms with van der Waals surface area (Å²) in [7, 11) is 0. The minimum atomic E-state index is -0.661. The summed E-state index contributed by atoms with van der Waals surface area (Å²) in [6.45, 7) is 1.95. The molecule has 0 aliphatic carbocycles. The van der Waals surface area contributed by atoms with E-state index >= 15 is 0 Å². The Bertz CT molecular complexity index is 1230. The molecule has 0 spiro atoms. The summed E-state index contributed by atoms with van der Waals surface area (Å²) in [4.78, 5) is 26.4. The molecule has 0 unspecified atom stereocenters. The number of rotatable bonds is 5. The van der Waals surface area contributed by atoms with E-state index in [0.717, 1.165) is 15.7 Å². The third-order valence-corrected chi connectivity index (χ3v) is 4.74. The van der Waals surface area contributed by atoms with Crippen LogP contribution in [-0.4, -0.2) is 36.3 Å². The predicted octanol–water partition coefficient (Wildman–Crippen LogP) is 2.01. The molecule has 2 N–H and O–H groups in total. The topological polar surface area (TPSA) is 132 Å². The number of hydrogen-bond acceptors (Lipinski definition) is 7. The van der Waals surface area contributed by atoms with Gasteiger partial charge in [-0.3, -0.25) is 14.3 Å². The van der Waals surface area contributed by atoms with Crippen molar-refractivity contribution < 1.29 is 9.32 Å². The molecule has 146 valence electrons. The van der Waals surface area contributed by atoms with E-state index < -0.39 is 5.76 Å². The van der Waals surface area contributed by atoms with Gasteiger partial charge in [-0.05, 0) is 53.2 Å². The Morgan fingerprint density at radius 1 is 1.24 bits per heavy atom. The van der Waals surface area contributed by atoms with Crippen molar-refractivity contribution in [1.82, 2.24) is 35.7 Å². The van der Waals surface area contributed by atoms with Gasteiger partial charge in [0, 0.05) is 15.6 Å². The Morgan fingerprint density at radius 3 is 2.76 bits per heavy atom. The molecule has 0 atom stereocenters. The van der Waals surface area contributed by atoms with E-state index in [1.54, 1.807) is 22.9 Å². The lowest BCUT2D eigenvalue weighted by Gasteiger charge is -2.09. The van der Waals surface area contributed by atoms with Crippen molar-refractivity contribution in [3.63, 3.8) is 0 Å². The van der Waals surface area contributed by atoms with E-state index in [9.17, 15) is 9.59 Å². The second kappa shape index (κ2) is 7.80. The van der Waals surface area contributed by atoms with Crippen molar-refractivity contribution in [3.8, 4) is 17.1 Å². The van der Waals surface area contributed by atoms with Gasteiger partial charge in [-0.1, -0.05) is 33.2 Å². The lowest BCUT2D eigenvalue weighted by molar-refractivity contribution is 0.0949. The maximum absolute atomic E-state index is 12.7. The second-order valence-electron chi connectivity index (χ2n) is 6.14. The number of aromatic nitrogens is 6. The van der Waals surface area contributed by atoms with Gasteiger partial charge in [-0.2, -0.15) is 4.68 Å². The van der Waals surface area contributed by atoms with Crippen molar-refractivity contribution in [1.29, 1.82) is 0 Å². The van der Waals surface area contributed by atoms with Gasteiger partial charge in [-0.25, -0.2) is 4.79 Å². The average Bonchev–Trinajstić information content (AvgIpc) is 3.36. The SMILES string of the molecule is Cc1ccc(-c2noc(=O)[nH]2)cc1C(=O)NCc1nnnn1-c1ccc(Br)cc1. The van der Waals surface area contributed by atoms with Crippen LogP contribution in [0.25, 0.3) is 17.1 Å². The van der Waals surface area contributed by atoms with E-state index in [1.165, 1.54) is 0 Å². The fourth-order valence-electron chi connectivity index (χ4n) is 2.72. The number of tetrazole rings is 1. The van der Waals surface area contributed by atoms with Crippen molar-refractivity contribution in [2.24, 2.45) is 0 Å². The molecule has 0 aliphatic heterocycles. The first-order valence-electron chi connectivity index (χ1n) is 8.49. The molecular weight excluding hydrogens is 442 g/mol. The van der Waals surface area contributed by atoms with E-state index in [-0.39, 0.29) is 18.3 Å². The number of nitrogens with one attached hydrogen (secondary N) is 2. The maximum atomic E-state index is 12.7. The molecule has 2 aromatic carbocycles. The smallest absolute Gasteiger partial charge is 0.345 e. The zero-order chi connectivity index (χ0) is 20.4. The highest BCUT2D eigenvalue weighted by atomic mass is 79.9. The largest absolute Gasteiger partial charge is 0.439 e. The van der Waals surface area contributed by atoms with Gasteiger partial charge in [0.15, 0.2) is 11.6 Å². The van der Waals surface area contributed by atoms with E-state index in [0.29, 0.717) is 17.0 Å². The monoisotopic (exact) mass is 455 g/mol. The molecule has 0 bridgehead atoms. The Morgan fingerprint density at radius 2 is 2.03 bits per heavy atom. The molecule has 29 heavy (non-hydrogen) atoms. The van der Waals surface area contributed by atoms with Crippen LogP contribution in [0.4, 0.5) is 0 Å². The van der Waals surface area contributed by atoms with Crippen molar-refractivity contribution in [3.05, 3.63) is 74.4 Å². The number of hydrogen-bond donors (Lipinski definition) is 2. The average molecular weight is 456 g/mol. The Hall–Kier alpha value is -3.60. The molecule has 1 amide bonds. The zero-order valence-corrected chi connectivity index (χ0v) is 16.7. The van der Waals surface area contributed by atoms with Gasteiger partial charge >= 0.3 is 5.76 Å². The van der Waals surface area contributed by atoms with E-state index in [4.69, 9.17) is 0 Å². The third-order valence-electron chi connectivity index (χ3n) is 4.21. The molecule has 0 saturated carbocycles. The van der Waals surface area contributed by atoms with Gasteiger partial charge in [0.05, 0.1) is 12.2 Å². The van der Waals surface area contributed by atoms with Crippen LogP contribution in [0.1, 0.15) is 21.7 Å². The molecule has 10 nitrogen and oxygen atoms in total. The molecule has 4 rings (SSSR count). The molecule has 0 saturated heterocycles. The highest BCUT2D eigenvalue weighted by Crippen LogP contribution is 2.19. The van der Waals surface area contributed by atoms with Crippen molar-refractivity contribution >= 4 is 21.8 Å². The van der Waals surface area contributed by atoms with Crippen LogP contribution in [0.5, 0.6) is 0 Å².